The third-order valence-corrected chi connectivity index (χ3v) is 6.40. The number of carbonyl (C=O) groups is 1. The van der Waals surface area contributed by atoms with Crippen LogP contribution in [0.2, 0.25) is 0 Å². The summed E-state index contributed by atoms with van der Waals surface area (Å²) in [4.78, 5) is 12.4. The zero-order valence-corrected chi connectivity index (χ0v) is 20.0. The Morgan fingerprint density at radius 3 is 2.81 bits per heavy atom. The van der Waals surface area contributed by atoms with E-state index >= 15 is 0 Å². The highest BCUT2D eigenvalue weighted by atomic mass is 19.4. The summed E-state index contributed by atoms with van der Waals surface area (Å²) in [5, 5.41) is 22.6. The Hall–Kier alpha value is -3.80. The SMILES string of the molecule is O=C(NCc1cccc(OC(F)(F)F)c1)c1cn(CCCCc2cc3c(nn2)CC(C2CNC2)=C3)nn1. The van der Waals surface area contributed by atoms with Crippen molar-refractivity contribution in [3.8, 4) is 5.75 Å². The highest BCUT2D eigenvalue weighted by Gasteiger charge is 2.31. The molecule has 2 aliphatic rings. The smallest absolute Gasteiger partial charge is 0.406 e. The number of hydrogen-bond acceptors (Lipinski definition) is 7. The number of ether oxygens (including phenoxy) is 1. The van der Waals surface area contributed by atoms with Crippen LogP contribution < -0.4 is 15.4 Å². The van der Waals surface area contributed by atoms with Gasteiger partial charge in [-0.05, 0) is 48.6 Å². The molecule has 12 heteroatoms. The van der Waals surface area contributed by atoms with E-state index in [4.69, 9.17) is 0 Å². The van der Waals surface area contributed by atoms with Crippen molar-refractivity contribution in [1.29, 1.82) is 0 Å². The van der Waals surface area contributed by atoms with Crippen LogP contribution in [0.1, 0.15) is 45.8 Å². The quantitative estimate of drug-likeness (QED) is 0.401. The molecule has 1 aliphatic heterocycles. The fourth-order valence-electron chi connectivity index (χ4n) is 4.33. The average molecular weight is 514 g/mol. The molecule has 3 heterocycles. The lowest BCUT2D eigenvalue weighted by molar-refractivity contribution is -0.274. The lowest BCUT2D eigenvalue weighted by Crippen LogP contribution is -2.42. The molecule has 2 aromatic heterocycles. The Morgan fingerprint density at radius 2 is 2.03 bits per heavy atom. The van der Waals surface area contributed by atoms with Gasteiger partial charge in [0.25, 0.3) is 5.91 Å². The third-order valence-electron chi connectivity index (χ3n) is 6.40. The molecule has 0 bridgehead atoms. The lowest BCUT2D eigenvalue weighted by Gasteiger charge is -2.28. The van der Waals surface area contributed by atoms with Crippen molar-refractivity contribution in [2.75, 3.05) is 13.1 Å². The number of halogens is 3. The molecular weight excluding hydrogens is 487 g/mol. The van der Waals surface area contributed by atoms with E-state index in [0.29, 0.717) is 18.0 Å². The van der Waals surface area contributed by atoms with Crippen molar-refractivity contribution < 1.29 is 22.7 Å². The number of rotatable bonds is 10. The first-order valence-corrected chi connectivity index (χ1v) is 12.1. The summed E-state index contributed by atoms with van der Waals surface area (Å²) in [5.41, 5.74) is 5.24. The number of aromatic nitrogens is 5. The minimum Gasteiger partial charge on any atom is -0.406 e. The summed E-state index contributed by atoms with van der Waals surface area (Å²) in [5.74, 6) is -0.188. The second-order valence-electron chi connectivity index (χ2n) is 9.19. The normalized spacial score (nSPS) is 15.2. The Kier molecular flexibility index (Phi) is 7.17. The Morgan fingerprint density at radius 1 is 1.16 bits per heavy atom. The topological polar surface area (TPSA) is 107 Å². The van der Waals surface area contributed by atoms with E-state index in [9.17, 15) is 18.0 Å². The lowest BCUT2D eigenvalue weighted by atomic mass is 9.93. The van der Waals surface area contributed by atoms with Crippen LogP contribution in [0.4, 0.5) is 13.2 Å². The van der Waals surface area contributed by atoms with E-state index in [2.05, 4.69) is 48.0 Å². The van der Waals surface area contributed by atoms with Gasteiger partial charge in [-0.2, -0.15) is 10.2 Å². The molecule has 5 rings (SSSR count). The molecule has 0 spiro atoms. The van der Waals surface area contributed by atoms with E-state index in [1.54, 1.807) is 16.9 Å². The van der Waals surface area contributed by atoms with Crippen LogP contribution in [0, 0.1) is 5.92 Å². The number of unbranched alkanes of at least 4 members (excludes halogenated alkanes) is 1. The standard InChI is InChI=1S/C25H26F3N7O2/c26-25(27,28)37-21-6-3-4-16(8-21)12-30-24(36)23-15-35(34-33-23)7-2-1-5-20-10-18-9-17(19-13-29-14-19)11-22(18)32-31-20/h3-4,6,8-10,15,19,29H,1-2,5,7,11-14H2,(H,30,36). The highest BCUT2D eigenvalue weighted by molar-refractivity contribution is 5.91. The number of benzene rings is 1. The van der Waals surface area contributed by atoms with E-state index in [0.717, 1.165) is 50.2 Å². The number of aryl methyl sites for hydroxylation is 2. The molecule has 194 valence electrons. The van der Waals surface area contributed by atoms with Crippen LogP contribution in [0.25, 0.3) is 6.08 Å². The van der Waals surface area contributed by atoms with Crippen molar-refractivity contribution in [3.05, 3.63) is 70.3 Å². The van der Waals surface area contributed by atoms with Crippen LogP contribution in [-0.4, -0.2) is 50.6 Å². The zero-order chi connectivity index (χ0) is 25.8. The van der Waals surface area contributed by atoms with Crippen LogP contribution >= 0.6 is 0 Å². The molecule has 1 fully saturated rings. The number of carbonyl (C=O) groups excluding carboxylic acids is 1. The third kappa shape index (κ3) is 6.50. The molecule has 3 aromatic rings. The van der Waals surface area contributed by atoms with Gasteiger partial charge < -0.3 is 15.4 Å². The van der Waals surface area contributed by atoms with Gasteiger partial charge in [0.1, 0.15) is 5.75 Å². The van der Waals surface area contributed by atoms with Crippen molar-refractivity contribution in [2.45, 2.75) is 45.1 Å². The van der Waals surface area contributed by atoms with Crippen LogP contribution in [0.15, 0.2) is 42.1 Å². The van der Waals surface area contributed by atoms with Crippen LogP contribution in [0.3, 0.4) is 0 Å². The number of nitrogens with one attached hydrogen (secondary N) is 2. The highest BCUT2D eigenvalue weighted by Crippen LogP contribution is 2.30. The van der Waals surface area contributed by atoms with Gasteiger partial charge in [-0.3, -0.25) is 9.48 Å². The maximum Gasteiger partial charge on any atom is 0.573 e. The fourth-order valence-corrected chi connectivity index (χ4v) is 4.33. The monoisotopic (exact) mass is 513 g/mol. The van der Waals surface area contributed by atoms with Gasteiger partial charge in [-0.1, -0.05) is 29.0 Å². The summed E-state index contributed by atoms with van der Waals surface area (Å²) < 4.78 is 42.7. The minimum absolute atomic E-state index is 0.0246. The number of amides is 1. The van der Waals surface area contributed by atoms with Crippen LogP contribution in [0.5, 0.6) is 5.75 Å². The molecule has 9 nitrogen and oxygen atoms in total. The number of nitrogens with zero attached hydrogens (tertiary/aromatic N) is 5. The summed E-state index contributed by atoms with van der Waals surface area (Å²) in [6.45, 7) is 2.70. The predicted molar refractivity (Wildman–Crippen MR) is 127 cm³/mol. The molecule has 1 aliphatic carbocycles. The molecule has 1 aromatic carbocycles. The molecule has 2 N–H and O–H groups in total. The van der Waals surface area contributed by atoms with Crippen molar-refractivity contribution in [2.24, 2.45) is 5.92 Å². The zero-order valence-electron chi connectivity index (χ0n) is 20.0. The molecule has 1 amide bonds. The van der Waals surface area contributed by atoms with Crippen molar-refractivity contribution in [3.63, 3.8) is 0 Å². The van der Waals surface area contributed by atoms with Gasteiger partial charge in [0.15, 0.2) is 5.69 Å². The number of hydrogen-bond donors (Lipinski definition) is 2. The molecule has 0 atom stereocenters. The van der Waals surface area contributed by atoms with Crippen molar-refractivity contribution in [1.82, 2.24) is 35.8 Å². The summed E-state index contributed by atoms with van der Waals surface area (Å²) >= 11 is 0. The molecule has 0 radical (unpaired) electrons. The number of fused-ring (bicyclic) bond motifs is 1. The van der Waals surface area contributed by atoms with Gasteiger partial charge in [-0.25, -0.2) is 0 Å². The fraction of sp³-hybridized carbons (Fsp3) is 0.400. The molecule has 0 saturated carbocycles. The van der Waals surface area contributed by atoms with E-state index < -0.39 is 12.3 Å². The van der Waals surface area contributed by atoms with E-state index in [1.165, 1.54) is 29.3 Å². The Labute approximate surface area is 211 Å². The largest absolute Gasteiger partial charge is 0.573 e. The first-order valence-electron chi connectivity index (χ1n) is 12.1. The number of alkyl halides is 3. The summed E-state index contributed by atoms with van der Waals surface area (Å²) in [6, 6.07) is 7.56. The summed E-state index contributed by atoms with van der Waals surface area (Å²) in [7, 11) is 0. The summed E-state index contributed by atoms with van der Waals surface area (Å²) in [6.07, 6.45) is 2.44. The molecule has 1 saturated heterocycles. The van der Waals surface area contributed by atoms with Gasteiger partial charge in [0.2, 0.25) is 0 Å². The van der Waals surface area contributed by atoms with Gasteiger partial charge in [0, 0.05) is 38.5 Å². The molecular formula is C25H26F3N7O2. The Bertz CT molecular complexity index is 1300. The minimum atomic E-state index is -4.77. The first-order chi connectivity index (χ1) is 17.8. The molecule has 37 heavy (non-hydrogen) atoms. The maximum atomic E-state index is 12.4. The first kappa shape index (κ1) is 24.9. The average Bonchev–Trinajstić information content (AvgIpc) is 3.45. The van der Waals surface area contributed by atoms with E-state index in [-0.39, 0.29) is 18.0 Å². The van der Waals surface area contributed by atoms with Gasteiger partial charge >= 0.3 is 6.36 Å². The predicted octanol–water partition coefficient (Wildman–Crippen LogP) is 3.08. The van der Waals surface area contributed by atoms with Gasteiger partial charge in [-0.15, -0.1) is 18.3 Å². The maximum absolute atomic E-state index is 12.4. The molecule has 0 unspecified atom stereocenters. The van der Waals surface area contributed by atoms with E-state index in [1.807, 2.05) is 0 Å². The van der Waals surface area contributed by atoms with Gasteiger partial charge in [0.05, 0.1) is 17.6 Å². The van der Waals surface area contributed by atoms with Crippen LogP contribution in [-0.2, 0) is 25.9 Å². The Balaban J connectivity index is 1.05. The van der Waals surface area contributed by atoms with Crippen molar-refractivity contribution >= 4 is 12.0 Å². The second-order valence-corrected chi connectivity index (χ2v) is 9.19. The second kappa shape index (κ2) is 10.7.